The molecule has 2 aromatic carbocycles. The third-order valence-corrected chi connectivity index (χ3v) is 4.55. The number of rotatable bonds is 3. The fourth-order valence-corrected chi connectivity index (χ4v) is 3.11. The van der Waals surface area contributed by atoms with Crippen molar-refractivity contribution in [2.45, 2.75) is 6.92 Å². The molecule has 0 aromatic heterocycles. The predicted octanol–water partition coefficient (Wildman–Crippen LogP) is 3.28. The first-order valence-electron chi connectivity index (χ1n) is 8.22. The topological polar surface area (TPSA) is 66.7 Å². The van der Waals surface area contributed by atoms with Gasteiger partial charge in [0, 0.05) is 31.7 Å². The molecule has 3 rings (SSSR count). The number of amides is 1. The van der Waals surface area contributed by atoms with E-state index >= 15 is 0 Å². The number of carbonyl (C=O) groups is 1. The molecule has 0 radical (unpaired) electrons. The Balaban J connectivity index is 1.75. The van der Waals surface area contributed by atoms with E-state index in [0.29, 0.717) is 5.56 Å². The molecule has 6 nitrogen and oxygen atoms in total. The summed E-state index contributed by atoms with van der Waals surface area (Å²) in [7, 11) is 0. The summed E-state index contributed by atoms with van der Waals surface area (Å²) in [6.45, 7) is 2.26. The molecule has 0 saturated carbocycles. The lowest BCUT2D eigenvalue weighted by Gasteiger charge is -2.36. The van der Waals surface area contributed by atoms with E-state index in [-0.39, 0.29) is 37.6 Å². The molecule has 9 heteroatoms. The van der Waals surface area contributed by atoms with Crippen molar-refractivity contribution in [3.63, 3.8) is 0 Å². The molecule has 0 spiro atoms. The number of nitrogens with zero attached hydrogens (tertiary/aromatic N) is 3. The molecule has 0 N–H and O–H groups in total. The second-order valence-corrected chi connectivity index (χ2v) is 6.22. The average Bonchev–Trinajstić information content (AvgIpc) is 2.63. The van der Waals surface area contributed by atoms with E-state index in [2.05, 4.69) is 0 Å². The quantitative estimate of drug-likeness (QED) is 0.606. The van der Waals surface area contributed by atoms with Gasteiger partial charge in [0.2, 0.25) is 0 Å². The van der Waals surface area contributed by atoms with Gasteiger partial charge in [-0.3, -0.25) is 14.9 Å². The summed E-state index contributed by atoms with van der Waals surface area (Å²) in [5.41, 5.74) is -0.394. The van der Waals surface area contributed by atoms with Crippen molar-refractivity contribution in [2.75, 3.05) is 31.1 Å². The van der Waals surface area contributed by atoms with Crippen molar-refractivity contribution in [3.05, 3.63) is 69.0 Å². The van der Waals surface area contributed by atoms with Crippen LogP contribution in [-0.4, -0.2) is 41.9 Å². The van der Waals surface area contributed by atoms with E-state index in [1.54, 1.807) is 4.90 Å². The third-order valence-electron chi connectivity index (χ3n) is 4.55. The van der Waals surface area contributed by atoms with Crippen LogP contribution < -0.4 is 4.90 Å². The second-order valence-electron chi connectivity index (χ2n) is 6.22. The number of hydrogen-bond acceptors (Lipinski definition) is 4. The Labute approximate surface area is 153 Å². The fourth-order valence-electron chi connectivity index (χ4n) is 3.11. The van der Waals surface area contributed by atoms with E-state index in [1.165, 1.54) is 24.0 Å². The van der Waals surface area contributed by atoms with Gasteiger partial charge in [0.15, 0.2) is 5.82 Å². The number of nitro groups is 1. The maximum absolute atomic E-state index is 14.3. The van der Waals surface area contributed by atoms with E-state index in [1.807, 2.05) is 0 Å². The summed E-state index contributed by atoms with van der Waals surface area (Å²) >= 11 is 0. The van der Waals surface area contributed by atoms with Crippen molar-refractivity contribution in [2.24, 2.45) is 0 Å². The van der Waals surface area contributed by atoms with Crippen molar-refractivity contribution in [1.29, 1.82) is 0 Å². The van der Waals surface area contributed by atoms with Gasteiger partial charge in [0.1, 0.15) is 17.2 Å². The van der Waals surface area contributed by atoms with Crippen LogP contribution >= 0.6 is 0 Å². The van der Waals surface area contributed by atoms with Crippen molar-refractivity contribution in [3.8, 4) is 0 Å². The van der Waals surface area contributed by atoms with E-state index in [4.69, 9.17) is 0 Å². The molecular weight excluding hydrogens is 363 g/mol. The molecule has 1 heterocycles. The first-order chi connectivity index (χ1) is 12.8. The number of halogens is 3. The van der Waals surface area contributed by atoms with Gasteiger partial charge in [-0.1, -0.05) is 6.07 Å². The maximum atomic E-state index is 14.3. The standard InChI is InChI=1S/C18H16F3N3O3/c1-11-9-16(14(21)10-15(11)24(26)27)22-5-7-23(8-6-22)18(25)17-12(19)3-2-4-13(17)20/h2-4,9-10H,5-8H2,1H3. The number of hydrogen-bond donors (Lipinski definition) is 0. The summed E-state index contributed by atoms with van der Waals surface area (Å²) in [5, 5.41) is 10.9. The lowest BCUT2D eigenvalue weighted by molar-refractivity contribution is -0.385. The first-order valence-corrected chi connectivity index (χ1v) is 8.22. The van der Waals surface area contributed by atoms with Crippen LogP contribution in [0.1, 0.15) is 15.9 Å². The lowest BCUT2D eigenvalue weighted by atomic mass is 10.1. The molecule has 0 aliphatic carbocycles. The van der Waals surface area contributed by atoms with Crippen LogP contribution in [-0.2, 0) is 0 Å². The van der Waals surface area contributed by atoms with E-state index < -0.39 is 33.8 Å². The SMILES string of the molecule is Cc1cc(N2CCN(C(=O)c3c(F)cccc3F)CC2)c(F)cc1[N+](=O)[O-]. The van der Waals surface area contributed by atoms with Gasteiger partial charge < -0.3 is 9.80 Å². The highest BCUT2D eigenvalue weighted by atomic mass is 19.1. The fraction of sp³-hybridized carbons (Fsp3) is 0.278. The van der Waals surface area contributed by atoms with Crippen LogP contribution in [0.3, 0.4) is 0 Å². The Morgan fingerprint density at radius 3 is 2.19 bits per heavy atom. The Hall–Kier alpha value is -3.10. The number of carbonyl (C=O) groups excluding carboxylic acids is 1. The molecule has 1 saturated heterocycles. The minimum atomic E-state index is -0.931. The Morgan fingerprint density at radius 2 is 1.63 bits per heavy atom. The zero-order chi connectivity index (χ0) is 19.7. The van der Waals surface area contributed by atoms with Gasteiger partial charge >= 0.3 is 0 Å². The molecule has 1 amide bonds. The summed E-state index contributed by atoms with van der Waals surface area (Å²) in [5.74, 6) is -3.35. The number of piperazine rings is 1. The molecule has 0 atom stereocenters. The molecular formula is C18H16F3N3O3. The van der Waals surface area contributed by atoms with Crippen LogP contribution in [0.25, 0.3) is 0 Å². The van der Waals surface area contributed by atoms with Crippen molar-refractivity contribution < 1.29 is 22.9 Å². The molecule has 1 aliphatic heterocycles. The van der Waals surface area contributed by atoms with Crippen molar-refractivity contribution >= 4 is 17.3 Å². The third kappa shape index (κ3) is 3.57. The zero-order valence-electron chi connectivity index (χ0n) is 14.4. The highest BCUT2D eigenvalue weighted by Crippen LogP contribution is 2.29. The molecule has 0 unspecified atom stereocenters. The molecule has 27 heavy (non-hydrogen) atoms. The van der Waals surface area contributed by atoms with Gasteiger partial charge in [-0.2, -0.15) is 0 Å². The lowest BCUT2D eigenvalue weighted by Crippen LogP contribution is -2.49. The number of aryl methyl sites for hydroxylation is 1. The molecule has 1 aliphatic rings. The number of benzene rings is 2. The van der Waals surface area contributed by atoms with Crippen LogP contribution in [0.4, 0.5) is 24.5 Å². The largest absolute Gasteiger partial charge is 0.366 e. The maximum Gasteiger partial charge on any atom is 0.275 e. The van der Waals surface area contributed by atoms with Crippen LogP contribution in [0.5, 0.6) is 0 Å². The molecule has 2 aromatic rings. The highest BCUT2D eigenvalue weighted by molar-refractivity contribution is 5.95. The Kier molecular flexibility index (Phi) is 5.02. The first kappa shape index (κ1) is 18.7. The monoisotopic (exact) mass is 379 g/mol. The van der Waals surface area contributed by atoms with Gasteiger partial charge in [-0.15, -0.1) is 0 Å². The Morgan fingerprint density at radius 1 is 1.04 bits per heavy atom. The summed E-state index contributed by atoms with van der Waals surface area (Å²) in [4.78, 5) is 25.6. The van der Waals surface area contributed by atoms with E-state index in [0.717, 1.165) is 18.2 Å². The zero-order valence-corrected chi connectivity index (χ0v) is 14.4. The van der Waals surface area contributed by atoms with Gasteiger partial charge in [-0.05, 0) is 25.1 Å². The van der Waals surface area contributed by atoms with Crippen LogP contribution in [0.15, 0.2) is 30.3 Å². The highest BCUT2D eigenvalue weighted by Gasteiger charge is 2.28. The average molecular weight is 379 g/mol. The summed E-state index contributed by atoms with van der Waals surface area (Å²) < 4.78 is 41.9. The van der Waals surface area contributed by atoms with E-state index in [9.17, 15) is 28.1 Å². The molecule has 1 fully saturated rings. The second kappa shape index (κ2) is 7.26. The minimum absolute atomic E-state index is 0.141. The summed E-state index contributed by atoms with van der Waals surface area (Å²) in [6, 6.07) is 5.47. The van der Waals surface area contributed by atoms with Crippen LogP contribution in [0, 0.1) is 34.5 Å². The normalized spacial score (nSPS) is 14.4. The van der Waals surface area contributed by atoms with Crippen LogP contribution in [0.2, 0.25) is 0 Å². The van der Waals surface area contributed by atoms with Gasteiger partial charge in [0.25, 0.3) is 11.6 Å². The number of anilines is 1. The molecule has 142 valence electrons. The summed E-state index contributed by atoms with van der Waals surface area (Å²) in [6.07, 6.45) is 0. The minimum Gasteiger partial charge on any atom is -0.366 e. The molecule has 0 bridgehead atoms. The number of nitro benzene ring substituents is 1. The van der Waals surface area contributed by atoms with Gasteiger partial charge in [0.05, 0.1) is 16.7 Å². The Bertz CT molecular complexity index is 892. The predicted molar refractivity (Wildman–Crippen MR) is 92.3 cm³/mol. The van der Waals surface area contributed by atoms with Crippen molar-refractivity contribution in [1.82, 2.24) is 4.90 Å². The smallest absolute Gasteiger partial charge is 0.275 e. The van der Waals surface area contributed by atoms with Gasteiger partial charge in [-0.25, -0.2) is 13.2 Å².